The van der Waals surface area contributed by atoms with Gasteiger partial charge in [-0.05, 0) is 54.7 Å². The lowest BCUT2D eigenvalue weighted by Gasteiger charge is -2.47. The van der Waals surface area contributed by atoms with Crippen LogP contribution in [-0.4, -0.2) is 47.2 Å². The third kappa shape index (κ3) is 4.88. The van der Waals surface area contributed by atoms with Crippen LogP contribution in [-0.2, 0) is 15.1 Å². The van der Waals surface area contributed by atoms with Crippen LogP contribution < -0.4 is 10.5 Å². The van der Waals surface area contributed by atoms with E-state index < -0.39 is 35.4 Å². The Kier molecular flexibility index (Phi) is 6.34. The molecule has 2 aliphatic heterocycles. The van der Waals surface area contributed by atoms with E-state index in [0.717, 1.165) is 18.1 Å². The molecule has 0 bridgehead atoms. The summed E-state index contributed by atoms with van der Waals surface area (Å²) in [6, 6.07) is 8.95. The minimum atomic E-state index is -5.08. The van der Waals surface area contributed by atoms with Gasteiger partial charge >= 0.3 is 12.1 Å². The summed E-state index contributed by atoms with van der Waals surface area (Å²) in [5.41, 5.74) is 6.94. The Hall–Kier alpha value is -3.41. The number of aliphatic hydroxyl groups excluding tert-OH is 1. The van der Waals surface area contributed by atoms with E-state index in [9.17, 15) is 27.1 Å². The number of benzene rings is 2. The second-order valence-corrected chi connectivity index (χ2v) is 8.56. The van der Waals surface area contributed by atoms with E-state index in [1.807, 2.05) is 6.07 Å². The first-order valence-corrected chi connectivity index (χ1v) is 10.6. The Morgan fingerprint density at radius 3 is 2.31 bits per heavy atom. The van der Waals surface area contributed by atoms with Gasteiger partial charge in [-0.1, -0.05) is 6.07 Å². The van der Waals surface area contributed by atoms with Crippen LogP contribution in [0.1, 0.15) is 24.8 Å². The minimum Gasteiger partial charge on any atom is -0.490 e. The summed E-state index contributed by atoms with van der Waals surface area (Å²) >= 11 is 0. The van der Waals surface area contributed by atoms with Gasteiger partial charge in [-0.2, -0.15) is 13.2 Å². The number of amidine groups is 1. The Morgan fingerprint density at radius 2 is 1.74 bits per heavy atom. The van der Waals surface area contributed by atoms with Crippen molar-refractivity contribution >= 4 is 12.0 Å². The number of rotatable bonds is 1. The van der Waals surface area contributed by atoms with Gasteiger partial charge in [-0.25, -0.2) is 18.6 Å². The van der Waals surface area contributed by atoms with Crippen molar-refractivity contribution in [3.05, 3.63) is 53.6 Å². The fourth-order valence-corrected chi connectivity index (χ4v) is 4.77. The van der Waals surface area contributed by atoms with Crippen molar-refractivity contribution in [1.29, 1.82) is 0 Å². The maximum absolute atomic E-state index is 13.7. The van der Waals surface area contributed by atoms with Crippen LogP contribution in [0.3, 0.4) is 0 Å². The van der Waals surface area contributed by atoms with Gasteiger partial charge < -0.3 is 25.4 Å². The normalized spacial score (nSPS) is 26.9. The molecule has 188 valence electrons. The average molecular weight is 500 g/mol. The van der Waals surface area contributed by atoms with Crippen molar-refractivity contribution in [3.63, 3.8) is 0 Å². The zero-order valence-electron chi connectivity index (χ0n) is 18.1. The number of alkyl halides is 3. The molecule has 4 atom stereocenters. The van der Waals surface area contributed by atoms with Gasteiger partial charge in [0.15, 0.2) is 0 Å². The Labute approximate surface area is 196 Å². The Balaban J connectivity index is 0.000000364. The first-order chi connectivity index (χ1) is 16.4. The van der Waals surface area contributed by atoms with E-state index in [1.165, 1.54) is 12.1 Å². The average Bonchev–Trinajstić information content (AvgIpc) is 3.16. The largest absolute Gasteiger partial charge is 0.490 e. The third-order valence-electron chi connectivity index (χ3n) is 6.29. The highest BCUT2D eigenvalue weighted by Gasteiger charge is 2.55. The number of ether oxygens (including phenoxy) is 2. The lowest BCUT2D eigenvalue weighted by Crippen LogP contribution is -2.51. The molecule has 1 aliphatic carbocycles. The molecule has 0 amide bonds. The quantitative estimate of drug-likeness (QED) is 0.515. The molecule has 0 aromatic heterocycles. The van der Waals surface area contributed by atoms with Crippen LogP contribution in [0.25, 0.3) is 11.1 Å². The predicted molar refractivity (Wildman–Crippen MR) is 113 cm³/mol. The molecular weight excluding hydrogens is 479 g/mol. The molecule has 1 saturated carbocycles. The number of hydrogen-bond acceptors (Lipinski definition) is 6. The number of carboxylic acids is 1. The topological polar surface area (TPSA) is 114 Å². The van der Waals surface area contributed by atoms with E-state index in [2.05, 4.69) is 4.99 Å². The summed E-state index contributed by atoms with van der Waals surface area (Å²) in [5.74, 6) is -3.46. The molecule has 1 spiro atoms. The van der Waals surface area contributed by atoms with Gasteiger partial charge in [0.2, 0.25) is 0 Å². The van der Waals surface area contributed by atoms with Gasteiger partial charge in [0.1, 0.15) is 35.6 Å². The zero-order chi connectivity index (χ0) is 25.5. The molecule has 1 fully saturated rings. The van der Waals surface area contributed by atoms with Gasteiger partial charge in [-0.3, -0.25) is 0 Å². The molecule has 0 radical (unpaired) electrons. The molecule has 3 aliphatic rings. The third-order valence-corrected chi connectivity index (χ3v) is 6.29. The number of nitrogens with zero attached hydrogens (tertiary/aromatic N) is 1. The Bertz CT molecular complexity index is 1150. The fraction of sp³-hybridized carbons (Fsp3) is 0.391. The first kappa shape index (κ1) is 24.7. The minimum absolute atomic E-state index is 0.0911. The molecule has 4 N–H and O–H groups in total. The lowest BCUT2D eigenvalue weighted by molar-refractivity contribution is -0.192. The number of aliphatic hydroxyl groups is 1. The molecular formula is C23H21F5N2O5. The number of aliphatic carboxylic acids is 1. The van der Waals surface area contributed by atoms with Crippen molar-refractivity contribution in [2.45, 2.75) is 43.2 Å². The number of halogens is 5. The second-order valence-electron chi connectivity index (χ2n) is 8.56. The van der Waals surface area contributed by atoms with E-state index in [0.29, 0.717) is 29.7 Å². The fourth-order valence-electron chi connectivity index (χ4n) is 4.77. The van der Waals surface area contributed by atoms with Gasteiger partial charge in [0.05, 0.1) is 6.10 Å². The second kappa shape index (κ2) is 8.99. The molecule has 2 aromatic rings. The summed E-state index contributed by atoms with van der Waals surface area (Å²) in [7, 11) is 0. The van der Waals surface area contributed by atoms with Crippen LogP contribution >= 0.6 is 0 Å². The van der Waals surface area contributed by atoms with Crippen molar-refractivity contribution in [3.8, 4) is 16.9 Å². The van der Waals surface area contributed by atoms with Crippen LogP contribution in [0, 0.1) is 17.6 Å². The van der Waals surface area contributed by atoms with Gasteiger partial charge in [0, 0.05) is 17.5 Å². The molecule has 7 nitrogen and oxygen atoms in total. The zero-order valence-corrected chi connectivity index (χ0v) is 18.1. The highest BCUT2D eigenvalue weighted by atomic mass is 19.4. The maximum atomic E-state index is 13.7. The van der Waals surface area contributed by atoms with Crippen molar-refractivity contribution in [2.24, 2.45) is 16.6 Å². The highest BCUT2D eigenvalue weighted by molar-refractivity contribution is 5.75. The van der Waals surface area contributed by atoms with Crippen molar-refractivity contribution < 1.29 is 46.4 Å². The summed E-state index contributed by atoms with van der Waals surface area (Å²) in [5, 5.41) is 17.4. The van der Waals surface area contributed by atoms with E-state index in [4.69, 9.17) is 25.1 Å². The molecule has 35 heavy (non-hydrogen) atoms. The van der Waals surface area contributed by atoms with Crippen LogP contribution in [0.4, 0.5) is 22.0 Å². The number of hydrogen-bond donors (Lipinski definition) is 3. The van der Waals surface area contributed by atoms with Gasteiger partial charge in [0.25, 0.3) is 6.02 Å². The molecule has 2 aromatic carbocycles. The van der Waals surface area contributed by atoms with Gasteiger partial charge in [-0.15, -0.1) is 0 Å². The van der Waals surface area contributed by atoms with Crippen LogP contribution in [0.2, 0.25) is 0 Å². The van der Waals surface area contributed by atoms with Crippen molar-refractivity contribution in [1.82, 2.24) is 0 Å². The van der Waals surface area contributed by atoms with E-state index >= 15 is 0 Å². The molecule has 0 saturated heterocycles. The van der Waals surface area contributed by atoms with Crippen molar-refractivity contribution in [2.75, 3.05) is 6.61 Å². The summed E-state index contributed by atoms with van der Waals surface area (Å²) in [4.78, 5) is 13.5. The maximum Gasteiger partial charge on any atom is 0.490 e. The number of nitrogens with two attached hydrogens (primary N) is 1. The number of aliphatic imine (C=N–C) groups is 1. The molecule has 5 rings (SSSR count). The summed E-state index contributed by atoms with van der Waals surface area (Å²) in [6.45, 7) is 0.254. The van der Waals surface area contributed by atoms with Crippen LogP contribution in [0.5, 0.6) is 5.75 Å². The van der Waals surface area contributed by atoms with E-state index in [1.54, 1.807) is 12.1 Å². The molecule has 2 heterocycles. The number of carbonyl (C=O) groups is 1. The molecule has 1 unspecified atom stereocenters. The Morgan fingerprint density at radius 1 is 1.09 bits per heavy atom. The summed E-state index contributed by atoms with van der Waals surface area (Å²) < 4.78 is 70.9. The lowest BCUT2D eigenvalue weighted by atomic mass is 9.67. The van der Waals surface area contributed by atoms with E-state index in [-0.39, 0.29) is 24.7 Å². The highest BCUT2D eigenvalue weighted by Crippen LogP contribution is 2.53. The molecule has 12 heteroatoms. The SMILES string of the molecule is NC1=NC2(CO1)c1cc(-c3cc(F)cc(F)c3)ccc1O[C@H]1CC[C@H](O)C[C@@H]12.O=C(O)C(F)(F)F. The smallest absolute Gasteiger partial charge is 0.490 e. The number of carboxylic acid groups (broad SMARTS) is 1. The first-order valence-electron chi connectivity index (χ1n) is 10.6. The number of fused-ring (bicyclic) bond motifs is 4. The monoisotopic (exact) mass is 500 g/mol. The predicted octanol–water partition coefficient (Wildman–Crippen LogP) is 3.73. The standard InChI is InChI=1S/C21H20F2N2O3.C2HF3O2/c22-13-5-12(6-14(23)8-13)11-1-3-18-16(7-11)21(10-27-20(24)25-21)17-9-15(26)2-4-19(17)28-18;3-2(4,5)1(6)7/h1,3,5-8,15,17,19,26H,2,4,9-10H2,(H2,24,25);(H,6,7)/t15-,17-,19-,21?;/m0./s1. The summed E-state index contributed by atoms with van der Waals surface area (Å²) in [6.07, 6.45) is -3.68. The van der Waals surface area contributed by atoms with Crippen LogP contribution in [0.15, 0.2) is 41.4 Å².